The molecule has 1 aliphatic carbocycles. The van der Waals surface area contributed by atoms with Crippen LogP contribution < -0.4 is 5.32 Å². The molecule has 1 N–H and O–H groups in total. The van der Waals surface area contributed by atoms with Gasteiger partial charge in [0.25, 0.3) is 5.91 Å². The number of furan rings is 1. The minimum absolute atomic E-state index is 0.0939. The Labute approximate surface area is 198 Å². The van der Waals surface area contributed by atoms with Crippen LogP contribution in [0.15, 0.2) is 59.2 Å². The Morgan fingerprint density at radius 1 is 1.12 bits per heavy atom. The first-order valence-electron chi connectivity index (χ1n) is 11.6. The van der Waals surface area contributed by atoms with E-state index in [0.717, 1.165) is 36.9 Å². The van der Waals surface area contributed by atoms with Gasteiger partial charge in [0.2, 0.25) is 5.91 Å². The number of rotatable bonds is 6. The lowest BCUT2D eigenvalue weighted by Crippen LogP contribution is -2.65. The predicted molar refractivity (Wildman–Crippen MR) is 127 cm³/mol. The number of nitrogens with one attached hydrogen (secondary N) is 1. The highest BCUT2D eigenvalue weighted by molar-refractivity contribution is 6.30. The van der Waals surface area contributed by atoms with Crippen molar-refractivity contribution in [2.24, 2.45) is 0 Å². The average Bonchev–Trinajstić information content (AvgIpc) is 3.56. The summed E-state index contributed by atoms with van der Waals surface area (Å²) in [7, 11) is 0. The van der Waals surface area contributed by atoms with Crippen LogP contribution in [0.3, 0.4) is 0 Å². The lowest BCUT2D eigenvalue weighted by Gasteiger charge is -2.44. The van der Waals surface area contributed by atoms with Gasteiger partial charge in [-0.25, -0.2) is 0 Å². The fraction of sp³-hybridized carbons (Fsp3) is 0.385. The molecule has 5 rings (SSSR count). The molecule has 172 valence electrons. The fourth-order valence-electron chi connectivity index (χ4n) is 5.07. The van der Waals surface area contributed by atoms with Crippen LogP contribution in [0.1, 0.15) is 48.7 Å². The molecule has 2 amide bonds. The highest BCUT2D eigenvalue weighted by Crippen LogP contribution is 2.34. The number of amides is 2. The van der Waals surface area contributed by atoms with Crippen molar-refractivity contribution in [3.05, 3.63) is 71.1 Å². The van der Waals surface area contributed by atoms with Gasteiger partial charge in [0.1, 0.15) is 17.0 Å². The van der Waals surface area contributed by atoms with Crippen LogP contribution in [0.4, 0.5) is 0 Å². The van der Waals surface area contributed by atoms with Gasteiger partial charge in [-0.2, -0.15) is 0 Å². The lowest BCUT2D eigenvalue weighted by molar-refractivity contribution is -0.133. The van der Waals surface area contributed by atoms with Crippen LogP contribution in [-0.4, -0.2) is 39.4 Å². The Balaban J connectivity index is 1.48. The molecule has 33 heavy (non-hydrogen) atoms. The molecule has 1 aromatic carbocycles. The molecule has 2 aromatic heterocycles. The Bertz CT molecular complexity index is 1150. The SMILES string of the molecule is C[C@]1(C(=O)NC2CCCC2)Cn2c(ccc2-c2ccco2)C(=O)N1CCc1ccc(Cl)cc1. The second-order valence-corrected chi connectivity index (χ2v) is 9.67. The van der Waals surface area contributed by atoms with Gasteiger partial charge in [-0.3, -0.25) is 9.59 Å². The van der Waals surface area contributed by atoms with Crippen LogP contribution in [0.2, 0.25) is 5.02 Å². The zero-order chi connectivity index (χ0) is 23.0. The van der Waals surface area contributed by atoms with Gasteiger partial charge in [0.15, 0.2) is 0 Å². The number of halogens is 1. The molecule has 1 saturated carbocycles. The molecule has 1 atom stereocenters. The van der Waals surface area contributed by atoms with E-state index in [9.17, 15) is 9.59 Å². The lowest BCUT2D eigenvalue weighted by atomic mass is 9.93. The van der Waals surface area contributed by atoms with Crippen molar-refractivity contribution < 1.29 is 14.0 Å². The number of nitrogens with zero attached hydrogens (tertiary/aromatic N) is 2. The summed E-state index contributed by atoms with van der Waals surface area (Å²) in [5, 5.41) is 3.91. The Morgan fingerprint density at radius 3 is 2.55 bits per heavy atom. The molecular formula is C26H28ClN3O3. The first kappa shape index (κ1) is 21.8. The van der Waals surface area contributed by atoms with Crippen molar-refractivity contribution in [3.63, 3.8) is 0 Å². The number of aromatic nitrogens is 1. The second-order valence-electron chi connectivity index (χ2n) is 9.23. The maximum Gasteiger partial charge on any atom is 0.271 e. The summed E-state index contributed by atoms with van der Waals surface area (Å²) in [5.74, 6) is 0.447. The number of benzene rings is 1. The number of hydrogen-bond donors (Lipinski definition) is 1. The minimum atomic E-state index is -1.01. The van der Waals surface area contributed by atoms with E-state index in [1.807, 2.05) is 60.0 Å². The first-order valence-corrected chi connectivity index (χ1v) is 11.9. The summed E-state index contributed by atoms with van der Waals surface area (Å²) >= 11 is 6.02. The summed E-state index contributed by atoms with van der Waals surface area (Å²) in [4.78, 5) is 29.1. The summed E-state index contributed by atoms with van der Waals surface area (Å²) in [6.07, 6.45) is 6.50. The number of hydrogen-bond acceptors (Lipinski definition) is 3. The van der Waals surface area contributed by atoms with Crippen molar-refractivity contribution >= 4 is 23.4 Å². The van der Waals surface area contributed by atoms with Gasteiger partial charge in [0.05, 0.1) is 18.5 Å². The van der Waals surface area contributed by atoms with Crippen LogP contribution in [-0.2, 0) is 17.8 Å². The summed E-state index contributed by atoms with van der Waals surface area (Å²) in [6, 6.07) is 15.2. The van der Waals surface area contributed by atoms with Gasteiger partial charge in [-0.05, 0) is 68.1 Å². The molecule has 0 saturated heterocycles. The van der Waals surface area contributed by atoms with E-state index >= 15 is 0 Å². The van der Waals surface area contributed by atoms with Gasteiger partial charge in [0, 0.05) is 17.6 Å². The quantitative estimate of drug-likeness (QED) is 0.562. The molecule has 2 aliphatic rings. The topological polar surface area (TPSA) is 67.5 Å². The van der Waals surface area contributed by atoms with Gasteiger partial charge >= 0.3 is 0 Å². The van der Waals surface area contributed by atoms with Crippen LogP contribution in [0.5, 0.6) is 0 Å². The van der Waals surface area contributed by atoms with Crippen molar-refractivity contribution in [3.8, 4) is 11.5 Å². The van der Waals surface area contributed by atoms with E-state index in [0.29, 0.717) is 36.0 Å². The molecule has 0 unspecified atom stereocenters. The summed E-state index contributed by atoms with van der Waals surface area (Å²) in [6.45, 7) is 2.69. The van der Waals surface area contributed by atoms with E-state index in [4.69, 9.17) is 16.0 Å². The molecule has 3 heterocycles. The third-order valence-electron chi connectivity index (χ3n) is 7.00. The van der Waals surface area contributed by atoms with Crippen LogP contribution in [0.25, 0.3) is 11.5 Å². The number of carbonyl (C=O) groups excluding carboxylic acids is 2. The third kappa shape index (κ3) is 4.08. The molecule has 7 heteroatoms. The maximum absolute atomic E-state index is 13.7. The Kier molecular flexibility index (Phi) is 5.79. The predicted octanol–water partition coefficient (Wildman–Crippen LogP) is 4.92. The highest BCUT2D eigenvalue weighted by atomic mass is 35.5. The maximum atomic E-state index is 13.7. The molecular weight excluding hydrogens is 438 g/mol. The van der Waals surface area contributed by atoms with E-state index in [2.05, 4.69) is 5.32 Å². The number of fused-ring (bicyclic) bond motifs is 1. The van der Waals surface area contributed by atoms with E-state index in [1.165, 1.54) is 0 Å². The highest BCUT2D eigenvalue weighted by Gasteiger charge is 2.48. The van der Waals surface area contributed by atoms with Crippen molar-refractivity contribution in [2.45, 2.75) is 57.2 Å². The normalized spacial score (nSPS) is 20.8. The largest absolute Gasteiger partial charge is 0.463 e. The molecule has 0 bridgehead atoms. The molecule has 1 fully saturated rings. The Hall–Kier alpha value is -2.99. The van der Waals surface area contributed by atoms with E-state index in [1.54, 1.807) is 11.2 Å². The van der Waals surface area contributed by atoms with Crippen LogP contribution in [0, 0.1) is 0 Å². The summed E-state index contributed by atoms with van der Waals surface area (Å²) < 4.78 is 7.53. The van der Waals surface area contributed by atoms with Gasteiger partial charge < -0.3 is 19.2 Å². The minimum Gasteiger partial charge on any atom is -0.463 e. The molecule has 0 radical (unpaired) electrons. The van der Waals surface area contributed by atoms with Crippen molar-refractivity contribution in [1.29, 1.82) is 0 Å². The van der Waals surface area contributed by atoms with Crippen molar-refractivity contribution in [1.82, 2.24) is 14.8 Å². The average molecular weight is 466 g/mol. The molecule has 0 spiro atoms. The standard InChI is InChI=1S/C26H28ClN3O3/c1-26(25(32)28-20-5-2-3-6-20)17-29-21(23-7-4-16-33-23)12-13-22(29)24(31)30(26)15-14-18-8-10-19(27)11-9-18/h4,7-13,16,20H,2-3,5-6,14-15,17H2,1H3,(H,28,32)/t26-/m1/s1. The van der Waals surface area contributed by atoms with E-state index < -0.39 is 5.54 Å². The molecule has 6 nitrogen and oxygen atoms in total. The second kappa shape index (κ2) is 8.75. The van der Waals surface area contributed by atoms with Crippen LogP contribution >= 0.6 is 11.6 Å². The smallest absolute Gasteiger partial charge is 0.271 e. The fourth-order valence-corrected chi connectivity index (χ4v) is 5.19. The van der Waals surface area contributed by atoms with E-state index in [-0.39, 0.29) is 17.9 Å². The van der Waals surface area contributed by atoms with Crippen molar-refractivity contribution in [2.75, 3.05) is 6.54 Å². The zero-order valence-electron chi connectivity index (χ0n) is 18.7. The first-order chi connectivity index (χ1) is 16.0. The Morgan fingerprint density at radius 2 is 1.85 bits per heavy atom. The summed E-state index contributed by atoms with van der Waals surface area (Å²) in [5.41, 5.74) is 1.44. The van der Waals surface area contributed by atoms with Gasteiger partial charge in [-0.15, -0.1) is 0 Å². The monoisotopic (exact) mass is 465 g/mol. The third-order valence-corrected chi connectivity index (χ3v) is 7.25. The molecule has 3 aromatic rings. The van der Waals surface area contributed by atoms with Gasteiger partial charge in [-0.1, -0.05) is 36.6 Å². The zero-order valence-corrected chi connectivity index (χ0v) is 19.5. The molecule has 1 aliphatic heterocycles. The number of carbonyl (C=O) groups is 2.